The van der Waals surface area contributed by atoms with Crippen molar-refractivity contribution in [2.24, 2.45) is 11.7 Å². The summed E-state index contributed by atoms with van der Waals surface area (Å²) >= 11 is 1.47. The third kappa shape index (κ3) is 4.97. The second-order valence-electron chi connectivity index (χ2n) is 7.81. The average Bonchev–Trinajstić information content (AvgIpc) is 3.21. The Morgan fingerprint density at radius 3 is 2.89 bits per heavy atom. The number of benzene rings is 1. The molecule has 150 valence electrons. The van der Waals surface area contributed by atoms with Crippen LogP contribution in [0, 0.1) is 12.8 Å². The maximum absolute atomic E-state index is 12.7. The normalized spacial score (nSPS) is 17.2. The van der Waals surface area contributed by atoms with Crippen molar-refractivity contribution in [2.75, 3.05) is 11.9 Å². The molecule has 1 aliphatic rings. The fourth-order valence-electron chi connectivity index (χ4n) is 3.61. The van der Waals surface area contributed by atoms with Crippen LogP contribution in [0.5, 0.6) is 0 Å². The second-order valence-corrected chi connectivity index (χ2v) is 8.89. The van der Waals surface area contributed by atoms with Crippen LogP contribution in [0.4, 0.5) is 5.69 Å². The molecule has 1 saturated heterocycles. The van der Waals surface area contributed by atoms with Crippen LogP contribution in [0.1, 0.15) is 52.6 Å². The maximum Gasteiger partial charge on any atom is 0.267 e. The summed E-state index contributed by atoms with van der Waals surface area (Å²) in [5, 5.41) is 3.98. The highest BCUT2D eigenvalue weighted by atomic mass is 32.1. The van der Waals surface area contributed by atoms with E-state index in [0.29, 0.717) is 17.3 Å². The molecule has 0 radical (unpaired) electrons. The van der Waals surface area contributed by atoms with Gasteiger partial charge in [0.15, 0.2) is 0 Å². The first-order valence-corrected chi connectivity index (χ1v) is 10.5. The molecule has 1 aliphatic heterocycles. The Kier molecular flexibility index (Phi) is 6.46. The molecule has 1 fully saturated rings. The number of nitrogens with zero attached hydrogens (tertiary/aromatic N) is 2. The molecule has 1 aromatic heterocycles. The number of likely N-dealkylation sites (tertiary alicyclic amines) is 1. The number of primary amides is 1. The van der Waals surface area contributed by atoms with Crippen LogP contribution in [-0.4, -0.2) is 34.3 Å². The zero-order chi connectivity index (χ0) is 20.3. The van der Waals surface area contributed by atoms with Gasteiger partial charge in [-0.15, -0.1) is 11.3 Å². The first kappa shape index (κ1) is 20.5. The Bertz CT molecular complexity index is 862. The van der Waals surface area contributed by atoms with Crippen LogP contribution in [0.15, 0.2) is 24.3 Å². The van der Waals surface area contributed by atoms with Gasteiger partial charge in [0.1, 0.15) is 4.88 Å². The van der Waals surface area contributed by atoms with Gasteiger partial charge in [-0.3, -0.25) is 14.5 Å². The summed E-state index contributed by atoms with van der Waals surface area (Å²) in [5.74, 6) is 0.117. The van der Waals surface area contributed by atoms with Crippen LogP contribution in [0.2, 0.25) is 0 Å². The number of hydrogen-bond donors (Lipinski definition) is 2. The Morgan fingerprint density at radius 1 is 1.39 bits per heavy atom. The summed E-state index contributed by atoms with van der Waals surface area (Å²) in [4.78, 5) is 31.6. The summed E-state index contributed by atoms with van der Waals surface area (Å²) in [6.45, 7) is 7.68. The molecule has 2 heterocycles. The number of aryl methyl sites for hydroxylation is 1. The van der Waals surface area contributed by atoms with Gasteiger partial charge in [-0.25, -0.2) is 4.98 Å². The maximum atomic E-state index is 12.7. The van der Waals surface area contributed by atoms with E-state index in [2.05, 4.69) is 29.0 Å². The predicted molar refractivity (Wildman–Crippen MR) is 112 cm³/mol. The van der Waals surface area contributed by atoms with E-state index in [0.717, 1.165) is 47.8 Å². The average molecular weight is 401 g/mol. The van der Waals surface area contributed by atoms with Crippen LogP contribution < -0.4 is 11.1 Å². The third-order valence-corrected chi connectivity index (χ3v) is 6.07. The van der Waals surface area contributed by atoms with Gasteiger partial charge >= 0.3 is 0 Å². The number of hydrogen-bond acceptors (Lipinski definition) is 5. The van der Waals surface area contributed by atoms with Crippen molar-refractivity contribution in [2.45, 2.75) is 52.6 Å². The molecule has 28 heavy (non-hydrogen) atoms. The highest BCUT2D eigenvalue weighted by molar-refractivity contribution is 7.13. The van der Waals surface area contributed by atoms with E-state index < -0.39 is 0 Å². The van der Waals surface area contributed by atoms with Gasteiger partial charge in [0, 0.05) is 18.7 Å². The topological polar surface area (TPSA) is 88.3 Å². The summed E-state index contributed by atoms with van der Waals surface area (Å²) in [6, 6.07) is 7.56. The fraction of sp³-hybridized carbons (Fsp3) is 0.476. The largest absolute Gasteiger partial charge is 0.368 e. The monoisotopic (exact) mass is 400 g/mol. The van der Waals surface area contributed by atoms with Crippen molar-refractivity contribution in [1.29, 1.82) is 0 Å². The highest BCUT2D eigenvalue weighted by Gasteiger charge is 2.28. The Morgan fingerprint density at radius 2 is 2.18 bits per heavy atom. The first-order chi connectivity index (χ1) is 13.3. The predicted octanol–water partition coefficient (Wildman–Crippen LogP) is 3.35. The van der Waals surface area contributed by atoms with E-state index in [1.807, 2.05) is 31.2 Å². The van der Waals surface area contributed by atoms with E-state index in [1.165, 1.54) is 11.3 Å². The minimum absolute atomic E-state index is 0.127. The summed E-state index contributed by atoms with van der Waals surface area (Å²) in [7, 11) is 0. The van der Waals surface area contributed by atoms with Crippen molar-refractivity contribution in [3.63, 3.8) is 0 Å². The van der Waals surface area contributed by atoms with Crippen molar-refractivity contribution in [3.8, 4) is 0 Å². The standard InChI is InChI=1S/C21H28N4O2S/c1-13(2)10-18-23-14(3)19(28-18)21(27)24-16-7-4-6-15(11-16)12-25-9-5-8-17(25)20(22)26/h4,6-7,11,13,17H,5,8-10,12H2,1-3H3,(H2,22,26)(H,24,27)/t17-/m0/s1. The van der Waals surface area contributed by atoms with E-state index in [-0.39, 0.29) is 17.9 Å². The Balaban J connectivity index is 1.68. The molecular weight excluding hydrogens is 372 g/mol. The zero-order valence-electron chi connectivity index (χ0n) is 16.7. The van der Waals surface area contributed by atoms with E-state index in [4.69, 9.17) is 5.73 Å². The summed E-state index contributed by atoms with van der Waals surface area (Å²) in [6.07, 6.45) is 2.67. The molecule has 3 N–H and O–H groups in total. The highest BCUT2D eigenvalue weighted by Crippen LogP contribution is 2.24. The Labute approximate surface area is 170 Å². The lowest BCUT2D eigenvalue weighted by Gasteiger charge is -2.22. The molecule has 0 spiro atoms. The van der Waals surface area contributed by atoms with E-state index >= 15 is 0 Å². The van der Waals surface area contributed by atoms with Crippen molar-refractivity contribution < 1.29 is 9.59 Å². The second kappa shape index (κ2) is 8.84. The van der Waals surface area contributed by atoms with Crippen LogP contribution >= 0.6 is 11.3 Å². The van der Waals surface area contributed by atoms with Crippen molar-refractivity contribution in [1.82, 2.24) is 9.88 Å². The molecule has 2 amide bonds. The molecule has 6 nitrogen and oxygen atoms in total. The molecule has 0 aliphatic carbocycles. The van der Waals surface area contributed by atoms with Gasteiger partial charge in [0.25, 0.3) is 5.91 Å². The minimum atomic E-state index is -0.264. The van der Waals surface area contributed by atoms with Gasteiger partial charge in [0.05, 0.1) is 16.7 Å². The lowest BCUT2D eigenvalue weighted by atomic mass is 10.1. The van der Waals surface area contributed by atoms with Crippen LogP contribution in [0.3, 0.4) is 0 Å². The Hall–Kier alpha value is -2.25. The smallest absolute Gasteiger partial charge is 0.267 e. The van der Waals surface area contributed by atoms with Gasteiger partial charge in [-0.05, 0) is 49.9 Å². The van der Waals surface area contributed by atoms with Crippen LogP contribution in [0.25, 0.3) is 0 Å². The first-order valence-electron chi connectivity index (χ1n) is 9.73. The van der Waals surface area contributed by atoms with Gasteiger partial charge in [-0.1, -0.05) is 26.0 Å². The molecule has 3 rings (SSSR count). The summed E-state index contributed by atoms with van der Waals surface area (Å²) < 4.78 is 0. The number of nitrogens with two attached hydrogens (primary N) is 1. The molecule has 0 saturated carbocycles. The van der Waals surface area contributed by atoms with Gasteiger partial charge in [-0.2, -0.15) is 0 Å². The zero-order valence-corrected chi connectivity index (χ0v) is 17.5. The molecule has 0 unspecified atom stereocenters. The van der Waals surface area contributed by atoms with Crippen LogP contribution in [-0.2, 0) is 17.8 Å². The lowest BCUT2D eigenvalue weighted by Crippen LogP contribution is -2.39. The number of thiazole rings is 1. The minimum Gasteiger partial charge on any atom is -0.368 e. The number of rotatable bonds is 7. The molecular formula is C21H28N4O2S. The molecule has 1 atom stereocenters. The number of aromatic nitrogens is 1. The molecule has 7 heteroatoms. The number of nitrogens with one attached hydrogen (secondary N) is 1. The molecule has 2 aromatic rings. The molecule has 1 aromatic carbocycles. The van der Waals surface area contributed by atoms with Crippen molar-refractivity contribution >= 4 is 28.8 Å². The number of anilines is 1. The third-order valence-electron chi connectivity index (χ3n) is 4.89. The molecule has 0 bridgehead atoms. The fourth-order valence-corrected chi connectivity index (χ4v) is 4.78. The number of carbonyl (C=O) groups excluding carboxylic acids is 2. The van der Waals surface area contributed by atoms with Gasteiger partial charge < -0.3 is 11.1 Å². The summed E-state index contributed by atoms with van der Waals surface area (Å²) in [5.41, 5.74) is 8.07. The van der Waals surface area contributed by atoms with E-state index in [1.54, 1.807) is 0 Å². The van der Waals surface area contributed by atoms with Crippen molar-refractivity contribution in [3.05, 3.63) is 45.4 Å². The quantitative estimate of drug-likeness (QED) is 0.746. The number of carbonyl (C=O) groups is 2. The number of amides is 2. The van der Waals surface area contributed by atoms with Gasteiger partial charge in [0.2, 0.25) is 5.91 Å². The lowest BCUT2D eigenvalue weighted by molar-refractivity contribution is -0.122. The van der Waals surface area contributed by atoms with E-state index in [9.17, 15) is 9.59 Å². The SMILES string of the molecule is Cc1nc(CC(C)C)sc1C(=O)Nc1cccc(CN2CCC[C@H]2C(N)=O)c1.